The lowest BCUT2D eigenvalue weighted by atomic mass is 10.2. The molecule has 1 aromatic carbocycles. The fourth-order valence-electron chi connectivity index (χ4n) is 1.76. The molecule has 0 unspecified atom stereocenters. The van der Waals surface area contributed by atoms with Crippen molar-refractivity contribution in [2.24, 2.45) is 0 Å². The number of nitrogens with one attached hydrogen (secondary N) is 1. The number of aryl methyl sites for hydroxylation is 1. The molecule has 0 aliphatic heterocycles. The maximum absolute atomic E-state index is 11.3. The fourth-order valence-corrected chi connectivity index (χ4v) is 1.88. The summed E-state index contributed by atoms with van der Waals surface area (Å²) in [4.78, 5) is 15.6. The van der Waals surface area contributed by atoms with Crippen LogP contribution in [0.15, 0.2) is 28.8 Å². The highest BCUT2D eigenvalue weighted by Crippen LogP contribution is 2.19. The van der Waals surface area contributed by atoms with E-state index in [1.54, 1.807) is 12.1 Å². The number of aliphatic hydroxyl groups excluding tert-OH is 1. The van der Waals surface area contributed by atoms with E-state index in [2.05, 4.69) is 15.5 Å². The number of amides is 1. The summed E-state index contributed by atoms with van der Waals surface area (Å²) in [5.74, 6) is 0.905. The molecule has 2 N–H and O–H groups in total. The largest absolute Gasteiger partial charge is 0.395 e. The number of benzene rings is 1. The van der Waals surface area contributed by atoms with Gasteiger partial charge in [-0.25, -0.2) is 0 Å². The minimum absolute atomic E-state index is 0.0557. The van der Waals surface area contributed by atoms with E-state index in [4.69, 9.17) is 21.2 Å². The Morgan fingerprint density at radius 2 is 2.10 bits per heavy atom. The van der Waals surface area contributed by atoms with Gasteiger partial charge in [-0.2, -0.15) is 4.98 Å². The Morgan fingerprint density at radius 1 is 1.33 bits per heavy atom. The molecule has 2 rings (SSSR count). The molecular weight excluding hydrogens is 294 g/mol. The van der Waals surface area contributed by atoms with Gasteiger partial charge in [0, 0.05) is 30.0 Å². The summed E-state index contributed by atoms with van der Waals surface area (Å²) in [6.07, 6.45) is 1.51. The molecule has 0 bridgehead atoms. The van der Waals surface area contributed by atoms with Crippen LogP contribution in [-0.4, -0.2) is 34.3 Å². The molecular formula is C14H16ClN3O3. The first-order valence-electron chi connectivity index (χ1n) is 6.65. The van der Waals surface area contributed by atoms with Crippen molar-refractivity contribution in [3.05, 3.63) is 35.2 Å². The Hall–Kier alpha value is -1.92. The van der Waals surface area contributed by atoms with E-state index in [1.165, 1.54) is 0 Å². The molecule has 1 amide bonds. The number of carbonyl (C=O) groups excluding carboxylic acids is 1. The van der Waals surface area contributed by atoms with E-state index < -0.39 is 0 Å². The van der Waals surface area contributed by atoms with E-state index >= 15 is 0 Å². The van der Waals surface area contributed by atoms with Crippen LogP contribution in [0.3, 0.4) is 0 Å². The molecule has 6 nitrogen and oxygen atoms in total. The number of rotatable bonds is 7. The highest BCUT2D eigenvalue weighted by atomic mass is 35.5. The average molecular weight is 310 g/mol. The van der Waals surface area contributed by atoms with E-state index in [-0.39, 0.29) is 19.1 Å². The smallest absolute Gasteiger partial charge is 0.226 e. The Labute approximate surface area is 127 Å². The zero-order valence-electron chi connectivity index (χ0n) is 11.4. The molecule has 112 valence electrons. The molecule has 21 heavy (non-hydrogen) atoms. The van der Waals surface area contributed by atoms with Crippen LogP contribution in [0.1, 0.15) is 18.7 Å². The first-order valence-corrected chi connectivity index (χ1v) is 7.03. The van der Waals surface area contributed by atoms with E-state index in [0.717, 1.165) is 5.56 Å². The van der Waals surface area contributed by atoms with E-state index in [0.29, 0.717) is 36.0 Å². The quantitative estimate of drug-likeness (QED) is 0.814. The highest BCUT2D eigenvalue weighted by molar-refractivity contribution is 6.30. The highest BCUT2D eigenvalue weighted by Gasteiger charge is 2.09. The standard InChI is InChI=1S/C14H16ClN3O3/c15-11-6-4-10(5-7-11)14-17-13(21-18-14)3-1-2-12(20)16-8-9-19/h4-7,19H,1-3,8-9H2,(H,16,20). The van der Waals surface area contributed by atoms with Crippen LogP contribution in [0, 0.1) is 0 Å². The average Bonchev–Trinajstić information content (AvgIpc) is 2.95. The molecule has 0 saturated carbocycles. The van der Waals surface area contributed by atoms with Gasteiger partial charge < -0.3 is 14.9 Å². The minimum atomic E-state index is -0.0958. The monoisotopic (exact) mass is 309 g/mol. The van der Waals surface area contributed by atoms with Gasteiger partial charge in [0.1, 0.15) is 0 Å². The summed E-state index contributed by atoms with van der Waals surface area (Å²) in [5, 5.41) is 15.7. The van der Waals surface area contributed by atoms with Crippen LogP contribution in [0.2, 0.25) is 5.02 Å². The Morgan fingerprint density at radius 3 is 2.81 bits per heavy atom. The summed E-state index contributed by atoms with van der Waals surface area (Å²) < 4.78 is 5.15. The van der Waals surface area contributed by atoms with Crippen molar-refractivity contribution in [1.29, 1.82) is 0 Å². The van der Waals surface area contributed by atoms with Gasteiger partial charge in [-0.1, -0.05) is 16.8 Å². The van der Waals surface area contributed by atoms with Gasteiger partial charge in [0.25, 0.3) is 0 Å². The van der Waals surface area contributed by atoms with Gasteiger partial charge in [0.2, 0.25) is 17.6 Å². The first-order chi connectivity index (χ1) is 10.2. The molecule has 0 saturated heterocycles. The van der Waals surface area contributed by atoms with Crippen LogP contribution >= 0.6 is 11.6 Å². The minimum Gasteiger partial charge on any atom is -0.395 e. The Kier molecular flexibility index (Phi) is 5.71. The van der Waals surface area contributed by atoms with Gasteiger partial charge >= 0.3 is 0 Å². The second kappa shape index (κ2) is 7.75. The Balaban J connectivity index is 1.83. The number of aromatic nitrogens is 2. The normalized spacial score (nSPS) is 10.6. The lowest BCUT2D eigenvalue weighted by Crippen LogP contribution is -2.26. The van der Waals surface area contributed by atoms with E-state index in [9.17, 15) is 4.79 Å². The summed E-state index contributed by atoms with van der Waals surface area (Å²) in [6, 6.07) is 7.16. The van der Waals surface area contributed by atoms with Crippen molar-refractivity contribution in [3.63, 3.8) is 0 Å². The maximum Gasteiger partial charge on any atom is 0.226 e. The number of carbonyl (C=O) groups is 1. The van der Waals surface area contributed by atoms with Gasteiger partial charge in [-0.3, -0.25) is 4.79 Å². The summed E-state index contributed by atoms with van der Waals surface area (Å²) in [5.41, 5.74) is 0.829. The molecule has 0 fully saturated rings. The van der Waals surface area contributed by atoms with Gasteiger partial charge in [0.15, 0.2) is 0 Å². The second-order valence-corrected chi connectivity index (χ2v) is 4.88. The van der Waals surface area contributed by atoms with Crippen LogP contribution in [0.25, 0.3) is 11.4 Å². The Bertz CT molecular complexity index is 583. The van der Waals surface area contributed by atoms with Gasteiger partial charge in [-0.15, -0.1) is 0 Å². The van der Waals surface area contributed by atoms with Gasteiger partial charge in [-0.05, 0) is 30.7 Å². The molecule has 0 aliphatic carbocycles. The predicted octanol–water partition coefficient (Wildman–Crippen LogP) is 1.82. The topological polar surface area (TPSA) is 88.2 Å². The summed E-state index contributed by atoms with van der Waals surface area (Å²) >= 11 is 5.82. The van der Waals surface area contributed by atoms with Crippen molar-refractivity contribution in [1.82, 2.24) is 15.5 Å². The lowest BCUT2D eigenvalue weighted by molar-refractivity contribution is -0.121. The van der Waals surface area contributed by atoms with Gasteiger partial charge in [0.05, 0.1) is 6.61 Å². The third kappa shape index (κ3) is 4.84. The first kappa shape index (κ1) is 15.5. The molecule has 0 radical (unpaired) electrons. The molecule has 0 atom stereocenters. The third-order valence-electron chi connectivity index (χ3n) is 2.80. The van der Waals surface area contributed by atoms with Crippen LogP contribution in [0.5, 0.6) is 0 Å². The third-order valence-corrected chi connectivity index (χ3v) is 3.05. The number of aliphatic hydroxyl groups is 1. The molecule has 7 heteroatoms. The zero-order chi connectivity index (χ0) is 15.1. The van der Waals surface area contributed by atoms with Crippen molar-refractivity contribution < 1.29 is 14.4 Å². The van der Waals surface area contributed by atoms with Crippen LogP contribution in [-0.2, 0) is 11.2 Å². The summed E-state index contributed by atoms with van der Waals surface area (Å²) in [6.45, 7) is 0.222. The zero-order valence-corrected chi connectivity index (χ0v) is 12.1. The second-order valence-electron chi connectivity index (χ2n) is 4.45. The predicted molar refractivity (Wildman–Crippen MR) is 77.8 cm³/mol. The number of hydrogen-bond acceptors (Lipinski definition) is 5. The lowest BCUT2D eigenvalue weighted by Gasteiger charge is -2.00. The van der Waals surface area contributed by atoms with Crippen molar-refractivity contribution in [2.75, 3.05) is 13.2 Å². The van der Waals surface area contributed by atoms with Crippen LogP contribution in [0.4, 0.5) is 0 Å². The number of hydrogen-bond donors (Lipinski definition) is 2. The number of halogens is 1. The molecule has 0 spiro atoms. The number of nitrogens with zero attached hydrogens (tertiary/aromatic N) is 2. The summed E-state index contributed by atoms with van der Waals surface area (Å²) in [7, 11) is 0. The van der Waals surface area contributed by atoms with Crippen molar-refractivity contribution in [2.45, 2.75) is 19.3 Å². The van der Waals surface area contributed by atoms with Crippen molar-refractivity contribution >= 4 is 17.5 Å². The van der Waals surface area contributed by atoms with Crippen LogP contribution < -0.4 is 5.32 Å². The molecule has 1 heterocycles. The molecule has 1 aromatic heterocycles. The molecule has 2 aromatic rings. The van der Waals surface area contributed by atoms with E-state index in [1.807, 2.05) is 12.1 Å². The molecule has 0 aliphatic rings. The van der Waals surface area contributed by atoms with Crippen molar-refractivity contribution in [3.8, 4) is 11.4 Å². The SMILES string of the molecule is O=C(CCCc1nc(-c2ccc(Cl)cc2)no1)NCCO. The fraction of sp³-hybridized carbons (Fsp3) is 0.357. The maximum atomic E-state index is 11.3.